The van der Waals surface area contributed by atoms with Crippen molar-refractivity contribution in [1.29, 1.82) is 5.26 Å². The average Bonchev–Trinajstić information content (AvgIpc) is 2.86. The second kappa shape index (κ2) is 7.26. The molecule has 0 spiro atoms. The maximum Gasteiger partial charge on any atom is 0.105 e. The summed E-state index contributed by atoms with van der Waals surface area (Å²) in [5.41, 5.74) is -0.384. The van der Waals surface area contributed by atoms with Crippen molar-refractivity contribution in [3.63, 3.8) is 0 Å². The van der Waals surface area contributed by atoms with Crippen LogP contribution in [0.3, 0.4) is 0 Å². The summed E-state index contributed by atoms with van der Waals surface area (Å²) >= 11 is 0. The Kier molecular flexibility index (Phi) is 6.29. The fraction of sp³-hybridized carbons (Fsp3) is 0.938. The molecule has 1 N–H and O–H groups in total. The minimum absolute atomic E-state index is 0.384. The van der Waals surface area contributed by atoms with Crippen LogP contribution in [0, 0.1) is 23.2 Å². The Bertz CT molecular complexity index is 308. The molecule has 0 amide bonds. The van der Waals surface area contributed by atoms with Gasteiger partial charge in [0.15, 0.2) is 0 Å². The van der Waals surface area contributed by atoms with E-state index in [4.69, 9.17) is 0 Å². The summed E-state index contributed by atoms with van der Waals surface area (Å²) in [6, 6.07) is 2.95. The predicted molar refractivity (Wildman–Crippen MR) is 80.9 cm³/mol. The van der Waals surface area contributed by atoms with Crippen molar-refractivity contribution in [1.82, 2.24) is 10.2 Å². The van der Waals surface area contributed by atoms with Gasteiger partial charge in [0.25, 0.3) is 0 Å². The van der Waals surface area contributed by atoms with Crippen molar-refractivity contribution >= 4 is 0 Å². The molecule has 0 radical (unpaired) electrons. The summed E-state index contributed by atoms with van der Waals surface area (Å²) in [4.78, 5) is 2.56. The standard InChI is InChI=1S/C16H31N3/c1-6-8-18-16(5,12-17)10-14(4)19-9-7-15(11-19)13(2)3/h13-15,18H,6-11H2,1-5H3. The SMILES string of the molecule is CCCNC(C)(C#N)CC(C)N1CCC(C(C)C)C1. The summed E-state index contributed by atoms with van der Waals surface area (Å²) in [5, 5.41) is 12.8. The van der Waals surface area contributed by atoms with Crippen LogP contribution in [0.4, 0.5) is 0 Å². The molecule has 0 aliphatic carbocycles. The maximum atomic E-state index is 9.41. The smallest absolute Gasteiger partial charge is 0.105 e. The second-order valence-corrected chi connectivity index (χ2v) is 6.71. The highest BCUT2D eigenvalue weighted by Gasteiger charge is 2.32. The molecule has 3 atom stereocenters. The van der Waals surface area contributed by atoms with Gasteiger partial charge in [0.1, 0.15) is 5.54 Å². The molecule has 0 bridgehead atoms. The van der Waals surface area contributed by atoms with E-state index >= 15 is 0 Å². The summed E-state index contributed by atoms with van der Waals surface area (Å²) in [6.07, 6.45) is 3.30. The Balaban J connectivity index is 2.50. The molecule has 1 heterocycles. The van der Waals surface area contributed by atoms with Gasteiger partial charge in [-0.1, -0.05) is 20.8 Å². The zero-order chi connectivity index (χ0) is 14.5. The van der Waals surface area contributed by atoms with E-state index in [-0.39, 0.29) is 5.54 Å². The van der Waals surface area contributed by atoms with E-state index in [0.717, 1.165) is 31.2 Å². The quantitative estimate of drug-likeness (QED) is 0.769. The highest BCUT2D eigenvalue weighted by molar-refractivity contribution is 5.05. The van der Waals surface area contributed by atoms with E-state index in [1.54, 1.807) is 0 Å². The molecule has 0 saturated carbocycles. The minimum atomic E-state index is -0.384. The normalized spacial score (nSPS) is 25.2. The van der Waals surface area contributed by atoms with Gasteiger partial charge in [-0.15, -0.1) is 0 Å². The van der Waals surface area contributed by atoms with Crippen molar-refractivity contribution < 1.29 is 0 Å². The van der Waals surface area contributed by atoms with E-state index in [1.807, 2.05) is 6.92 Å². The van der Waals surface area contributed by atoms with Crippen LogP contribution in [-0.4, -0.2) is 36.1 Å². The van der Waals surface area contributed by atoms with Crippen LogP contribution >= 0.6 is 0 Å². The number of rotatable bonds is 7. The summed E-state index contributed by atoms with van der Waals surface area (Å²) < 4.78 is 0. The lowest BCUT2D eigenvalue weighted by Gasteiger charge is -2.32. The summed E-state index contributed by atoms with van der Waals surface area (Å²) in [6.45, 7) is 14.4. The lowest BCUT2D eigenvalue weighted by molar-refractivity contribution is 0.200. The first kappa shape index (κ1) is 16.5. The fourth-order valence-electron chi connectivity index (χ4n) is 3.04. The largest absolute Gasteiger partial charge is 0.300 e. The Hall–Kier alpha value is -0.590. The van der Waals surface area contributed by atoms with Crippen LogP contribution < -0.4 is 5.32 Å². The molecule has 110 valence electrons. The van der Waals surface area contributed by atoms with Crippen LogP contribution in [0.2, 0.25) is 0 Å². The van der Waals surface area contributed by atoms with E-state index in [1.165, 1.54) is 19.5 Å². The average molecular weight is 265 g/mol. The Labute approximate surface area is 119 Å². The van der Waals surface area contributed by atoms with Gasteiger partial charge >= 0.3 is 0 Å². The predicted octanol–water partition coefficient (Wildman–Crippen LogP) is 3.02. The second-order valence-electron chi connectivity index (χ2n) is 6.71. The highest BCUT2D eigenvalue weighted by atomic mass is 15.2. The third-order valence-corrected chi connectivity index (χ3v) is 4.54. The molecule has 0 aromatic carbocycles. The Morgan fingerprint density at radius 1 is 1.42 bits per heavy atom. The number of nitrogens with one attached hydrogen (secondary N) is 1. The number of nitrogens with zero attached hydrogens (tertiary/aromatic N) is 2. The van der Waals surface area contributed by atoms with Gasteiger partial charge in [-0.25, -0.2) is 0 Å². The van der Waals surface area contributed by atoms with Crippen LogP contribution in [0.25, 0.3) is 0 Å². The van der Waals surface area contributed by atoms with Gasteiger partial charge in [-0.2, -0.15) is 5.26 Å². The summed E-state index contributed by atoms with van der Waals surface area (Å²) in [5.74, 6) is 1.61. The van der Waals surface area contributed by atoms with Crippen LogP contribution in [-0.2, 0) is 0 Å². The van der Waals surface area contributed by atoms with Crippen molar-refractivity contribution in [2.75, 3.05) is 19.6 Å². The topological polar surface area (TPSA) is 39.1 Å². The molecule has 1 fully saturated rings. The van der Waals surface area contributed by atoms with Crippen LogP contribution in [0.1, 0.15) is 53.9 Å². The van der Waals surface area contributed by atoms with Crippen molar-refractivity contribution in [2.45, 2.75) is 65.5 Å². The monoisotopic (exact) mass is 265 g/mol. The molecule has 1 saturated heterocycles. The molecule has 1 aliphatic heterocycles. The zero-order valence-corrected chi connectivity index (χ0v) is 13.4. The number of likely N-dealkylation sites (tertiary alicyclic amines) is 1. The van der Waals surface area contributed by atoms with E-state index in [2.05, 4.69) is 44.0 Å². The molecule has 0 aromatic heterocycles. The van der Waals surface area contributed by atoms with Gasteiger partial charge in [0, 0.05) is 12.6 Å². The number of hydrogen-bond acceptors (Lipinski definition) is 3. The van der Waals surface area contributed by atoms with Crippen molar-refractivity contribution in [3.05, 3.63) is 0 Å². The van der Waals surface area contributed by atoms with Gasteiger partial charge in [0.05, 0.1) is 6.07 Å². The molecule has 0 aromatic rings. The molecular formula is C16H31N3. The van der Waals surface area contributed by atoms with Gasteiger partial charge in [0.2, 0.25) is 0 Å². The van der Waals surface area contributed by atoms with Crippen molar-refractivity contribution in [2.24, 2.45) is 11.8 Å². The first-order chi connectivity index (χ1) is 8.91. The molecular weight excluding hydrogens is 234 g/mol. The third-order valence-electron chi connectivity index (χ3n) is 4.54. The Morgan fingerprint density at radius 3 is 2.58 bits per heavy atom. The molecule has 3 nitrogen and oxygen atoms in total. The lowest BCUT2D eigenvalue weighted by atomic mass is 9.93. The summed E-state index contributed by atoms with van der Waals surface area (Å²) in [7, 11) is 0. The third kappa shape index (κ3) is 4.78. The minimum Gasteiger partial charge on any atom is -0.300 e. The zero-order valence-electron chi connectivity index (χ0n) is 13.4. The molecule has 3 unspecified atom stereocenters. The van der Waals surface area contributed by atoms with Crippen molar-refractivity contribution in [3.8, 4) is 6.07 Å². The first-order valence-corrected chi connectivity index (χ1v) is 7.82. The molecule has 19 heavy (non-hydrogen) atoms. The molecule has 1 aliphatic rings. The maximum absolute atomic E-state index is 9.41. The van der Waals surface area contributed by atoms with E-state index < -0.39 is 0 Å². The first-order valence-electron chi connectivity index (χ1n) is 7.82. The van der Waals surface area contributed by atoms with E-state index in [0.29, 0.717) is 6.04 Å². The Morgan fingerprint density at radius 2 is 2.11 bits per heavy atom. The number of hydrogen-bond donors (Lipinski definition) is 1. The number of nitriles is 1. The van der Waals surface area contributed by atoms with Gasteiger partial charge in [-0.05, 0) is 58.0 Å². The molecule has 3 heteroatoms. The molecule has 1 rings (SSSR count). The van der Waals surface area contributed by atoms with Gasteiger partial charge < -0.3 is 4.90 Å². The van der Waals surface area contributed by atoms with Crippen LogP contribution in [0.15, 0.2) is 0 Å². The highest BCUT2D eigenvalue weighted by Crippen LogP contribution is 2.27. The van der Waals surface area contributed by atoms with Crippen LogP contribution in [0.5, 0.6) is 0 Å². The lowest BCUT2D eigenvalue weighted by Crippen LogP contribution is -2.47. The fourth-order valence-corrected chi connectivity index (χ4v) is 3.04. The van der Waals surface area contributed by atoms with Gasteiger partial charge in [-0.3, -0.25) is 5.32 Å². The van der Waals surface area contributed by atoms with E-state index in [9.17, 15) is 5.26 Å².